The summed E-state index contributed by atoms with van der Waals surface area (Å²) in [5.74, 6) is 0. The summed E-state index contributed by atoms with van der Waals surface area (Å²) in [5.41, 5.74) is 0. The summed E-state index contributed by atoms with van der Waals surface area (Å²) in [6.07, 6.45) is 27.3. The van der Waals surface area contributed by atoms with Crippen LogP contribution in [0.5, 0.6) is 0 Å². The topological polar surface area (TPSA) is 41.4 Å². The van der Waals surface area contributed by atoms with E-state index < -0.39 is 0 Å². The van der Waals surface area contributed by atoms with Crippen LogP contribution in [0.2, 0.25) is 0 Å². The summed E-state index contributed by atoms with van der Waals surface area (Å²) >= 11 is 0. The molecule has 1 aromatic rings. The lowest BCUT2D eigenvalue weighted by Gasteiger charge is -2.03. The molecule has 1 aromatic heterocycles. The van der Waals surface area contributed by atoms with E-state index in [0.29, 0.717) is 6.54 Å². The van der Waals surface area contributed by atoms with Crippen molar-refractivity contribution in [3.63, 3.8) is 0 Å². The van der Waals surface area contributed by atoms with E-state index in [-0.39, 0.29) is 0 Å². The molecule has 0 aliphatic carbocycles. The van der Waals surface area contributed by atoms with E-state index in [9.17, 15) is 0 Å². The van der Waals surface area contributed by atoms with Gasteiger partial charge in [0.2, 0.25) is 6.33 Å². The maximum absolute atomic E-state index is 8.43. The van der Waals surface area contributed by atoms with Crippen molar-refractivity contribution in [2.24, 2.45) is 5.16 Å². The van der Waals surface area contributed by atoms with Gasteiger partial charge in [0, 0.05) is 0 Å². The third-order valence-electron chi connectivity index (χ3n) is 4.89. The molecule has 0 saturated heterocycles. The molecule has 1 heterocycles. The standard InChI is InChI=1S/C21H39N3O/c1-2-3-4-5-6-7-8-9-10-11-12-13-14-15-17-23-19-20-24(21-23)18-16-22-25/h16,19-21H,2-15,17-18H2,1H3/p+1/b22-16-. The van der Waals surface area contributed by atoms with Gasteiger partial charge in [0.1, 0.15) is 18.9 Å². The molecule has 0 spiro atoms. The molecular formula is C21H40N3O+. The van der Waals surface area contributed by atoms with Gasteiger partial charge in [-0.05, 0) is 12.8 Å². The third kappa shape index (κ3) is 12.7. The van der Waals surface area contributed by atoms with E-state index in [1.165, 1.54) is 96.1 Å². The largest absolute Gasteiger partial charge is 0.411 e. The monoisotopic (exact) mass is 350 g/mol. The first-order valence-electron chi connectivity index (χ1n) is 10.6. The van der Waals surface area contributed by atoms with E-state index in [0.717, 1.165) is 6.54 Å². The fourth-order valence-electron chi connectivity index (χ4n) is 3.30. The lowest BCUT2D eigenvalue weighted by Crippen LogP contribution is -2.31. The van der Waals surface area contributed by atoms with Gasteiger partial charge in [-0.25, -0.2) is 9.13 Å². The smallest absolute Gasteiger partial charge is 0.244 e. The Morgan fingerprint density at radius 1 is 0.840 bits per heavy atom. The van der Waals surface area contributed by atoms with Gasteiger partial charge < -0.3 is 5.21 Å². The van der Waals surface area contributed by atoms with Crippen molar-refractivity contribution in [3.8, 4) is 0 Å². The number of hydrogen-bond donors (Lipinski definition) is 1. The maximum Gasteiger partial charge on any atom is 0.244 e. The number of rotatable bonds is 17. The highest BCUT2D eigenvalue weighted by atomic mass is 16.4. The van der Waals surface area contributed by atoms with Gasteiger partial charge in [-0.2, -0.15) is 0 Å². The minimum Gasteiger partial charge on any atom is -0.411 e. The minimum atomic E-state index is 0.627. The van der Waals surface area contributed by atoms with Gasteiger partial charge in [-0.1, -0.05) is 89.1 Å². The first kappa shape index (κ1) is 21.7. The summed E-state index contributed by atoms with van der Waals surface area (Å²) in [4.78, 5) is 0. The van der Waals surface area contributed by atoms with Crippen molar-refractivity contribution in [3.05, 3.63) is 18.7 Å². The Morgan fingerprint density at radius 3 is 1.88 bits per heavy atom. The van der Waals surface area contributed by atoms with Crippen molar-refractivity contribution >= 4 is 6.21 Å². The molecule has 4 heteroatoms. The van der Waals surface area contributed by atoms with Crippen LogP contribution in [-0.4, -0.2) is 16.0 Å². The second-order valence-electron chi connectivity index (χ2n) is 7.24. The fourth-order valence-corrected chi connectivity index (χ4v) is 3.30. The Morgan fingerprint density at radius 2 is 1.36 bits per heavy atom. The summed E-state index contributed by atoms with van der Waals surface area (Å²) in [6, 6.07) is 0. The Hall–Kier alpha value is -1.32. The number of aromatic nitrogens is 2. The van der Waals surface area contributed by atoms with Crippen LogP contribution in [-0.2, 0) is 13.1 Å². The molecule has 0 radical (unpaired) electrons. The van der Waals surface area contributed by atoms with Gasteiger partial charge >= 0.3 is 0 Å². The molecule has 25 heavy (non-hydrogen) atoms. The van der Waals surface area contributed by atoms with Crippen LogP contribution in [0.3, 0.4) is 0 Å². The summed E-state index contributed by atoms with van der Waals surface area (Å²) in [7, 11) is 0. The van der Waals surface area contributed by atoms with Crippen molar-refractivity contribution in [2.75, 3.05) is 0 Å². The van der Waals surface area contributed by atoms with Crippen LogP contribution >= 0.6 is 0 Å². The zero-order valence-electron chi connectivity index (χ0n) is 16.4. The van der Waals surface area contributed by atoms with E-state index in [1.807, 2.05) is 10.8 Å². The van der Waals surface area contributed by atoms with Crippen LogP contribution in [0.15, 0.2) is 23.9 Å². The summed E-state index contributed by atoms with van der Waals surface area (Å²) in [6.45, 7) is 4.00. The number of hydrogen-bond acceptors (Lipinski definition) is 2. The van der Waals surface area contributed by atoms with E-state index in [4.69, 9.17) is 5.21 Å². The highest BCUT2D eigenvalue weighted by molar-refractivity contribution is 5.53. The van der Waals surface area contributed by atoms with Gasteiger partial charge in [-0.15, -0.1) is 0 Å². The van der Waals surface area contributed by atoms with E-state index >= 15 is 0 Å². The minimum absolute atomic E-state index is 0.627. The SMILES string of the molecule is CCCCCCCCCCCCCCCCn1cc[n+](C/C=N\O)c1. The van der Waals surface area contributed by atoms with Crippen LogP contribution in [0.1, 0.15) is 96.8 Å². The number of nitrogens with zero attached hydrogens (tertiary/aromatic N) is 3. The van der Waals surface area contributed by atoms with Crippen molar-refractivity contribution in [1.29, 1.82) is 0 Å². The van der Waals surface area contributed by atoms with Crippen LogP contribution in [0.4, 0.5) is 0 Å². The van der Waals surface area contributed by atoms with Gasteiger partial charge in [0.05, 0.1) is 12.8 Å². The third-order valence-corrected chi connectivity index (χ3v) is 4.89. The number of unbranched alkanes of at least 4 members (excludes halogenated alkanes) is 13. The van der Waals surface area contributed by atoms with Crippen LogP contribution in [0.25, 0.3) is 0 Å². The van der Waals surface area contributed by atoms with Gasteiger partial charge in [-0.3, -0.25) is 0 Å². The molecule has 0 bridgehead atoms. The quantitative estimate of drug-likeness (QED) is 0.126. The molecule has 0 amide bonds. The average molecular weight is 351 g/mol. The molecule has 0 aromatic carbocycles. The average Bonchev–Trinajstić information content (AvgIpc) is 3.08. The molecule has 0 atom stereocenters. The zero-order valence-corrected chi connectivity index (χ0v) is 16.4. The lowest BCUT2D eigenvalue weighted by molar-refractivity contribution is -0.680. The normalized spacial score (nSPS) is 11.6. The highest BCUT2D eigenvalue weighted by Crippen LogP contribution is 2.13. The number of imidazole rings is 1. The van der Waals surface area contributed by atoms with Crippen LogP contribution < -0.4 is 4.57 Å². The van der Waals surface area contributed by atoms with Crippen LogP contribution in [0, 0.1) is 0 Å². The van der Waals surface area contributed by atoms with E-state index in [2.05, 4.69) is 29.2 Å². The summed E-state index contributed by atoms with van der Waals surface area (Å²) in [5, 5.41) is 11.5. The van der Waals surface area contributed by atoms with Crippen molar-refractivity contribution in [1.82, 2.24) is 4.57 Å². The van der Waals surface area contributed by atoms with Gasteiger partial charge in [0.15, 0.2) is 0 Å². The fraction of sp³-hybridized carbons (Fsp3) is 0.810. The number of oxime groups is 1. The molecule has 0 saturated carbocycles. The Labute approximate surface area is 154 Å². The molecule has 0 aliphatic heterocycles. The molecule has 1 N–H and O–H groups in total. The Balaban J connectivity index is 1.82. The zero-order chi connectivity index (χ0) is 18.0. The second-order valence-corrected chi connectivity index (χ2v) is 7.24. The lowest BCUT2D eigenvalue weighted by atomic mass is 10.0. The molecular weight excluding hydrogens is 310 g/mol. The first-order valence-corrected chi connectivity index (χ1v) is 10.6. The number of aryl methyl sites for hydroxylation is 1. The predicted molar refractivity (Wildman–Crippen MR) is 105 cm³/mol. The van der Waals surface area contributed by atoms with Crippen molar-refractivity contribution < 1.29 is 9.77 Å². The molecule has 0 fully saturated rings. The molecule has 4 nitrogen and oxygen atoms in total. The molecule has 0 aliphatic rings. The van der Waals surface area contributed by atoms with Crippen molar-refractivity contribution in [2.45, 2.75) is 110 Å². The van der Waals surface area contributed by atoms with Gasteiger partial charge in [0.25, 0.3) is 0 Å². The maximum atomic E-state index is 8.43. The molecule has 144 valence electrons. The first-order chi connectivity index (χ1) is 12.4. The second kappa shape index (κ2) is 16.2. The predicted octanol–water partition coefficient (Wildman–Crippen LogP) is 5.72. The molecule has 1 rings (SSSR count). The summed E-state index contributed by atoms with van der Waals surface area (Å²) < 4.78 is 4.23. The van der Waals surface area contributed by atoms with E-state index in [1.54, 1.807) is 0 Å². The highest BCUT2D eigenvalue weighted by Gasteiger charge is 2.02. The Bertz CT molecular complexity index is 429. The Kier molecular flexibility index (Phi) is 14.0. The molecule has 0 unspecified atom stereocenters.